The summed E-state index contributed by atoms with van der Waals surface area (Å²) in [6.07, 6.45) is 0.679. The van der Waals surface area contributed by atoms with Crippen LogP contribution in [0.4, 0.5) is 0 Å². The van der Waals surface area contributed by atoms with Crippen LogP contribution in [0.25, 0.3) is 10.9 Å². The number of para-hydroxylation sites is 1. The number of benzene rings is 2. The lowest BCUT2D eigenvalue weighted by atomic mass is 10.1. The molecular formula is C23H21N3O3S. The number of carbonyl (C=O) groups is 1. The average molecular weight is 420 g/mol. The van der Waals surface area contributed by atoms with E-state index in [1.165, 1.54) is 11.3 Å². The van der Waals surface area contributed by atoms with Gasteiger partial charge in [0.15, 0.2) is 0 Å². The number of rotatable bonds is 7. The van der Waals surface area contributed by atoms with Crippen LogP contribution >= 0.6 is 11.3 Å². The average Bonchev–Trinajstić information content (AvgIpc) is 3.31. The fourth-order valence-corrected chi connectivity index (χ4v) is 3.95. The van der Waals surface area contributed by atoms with Crippen molar-refractivity contribution < 1.29 is 9.53 Å². The molecule has 0 aliphatic rings. The predicted octanol–water partition coefficient (Wildman–Crippen LogP) is 3.88. The molecule has 0 unspecified atom stereocenters. The van der Waals surface area contributed by atoms with Gasteiger partial charge in [-0.2, -0.15) is 0 Å². The molecule has 0 atom stereocenters. The number of nitrogens with zero attached hydrogens (tertiary/aromatic N) is 2. The second-order valence-electron chi connectivity index (χ2n) is 6.83. The number of aromatic nitrogens is 2. The van der Waals surface area contributed by atoms with Gasteiger partial charge in [-0.05, 0) is 47.7 Å². The maximum atomic E-state index is 13.1. The van der Waals surface area contributed by atoms with Gasteiger partial charge in [-0.15, -0.1) is 11.3 Å². The Morgan fingerprint density at radius 1 is 1.10 bits per heavy atom. The maximum absolute atomic E-state index is 13.1. The van der Waals surface area contributed by atoms with Crippen molar-refractivity contribution in [2.24, 2.45) is 0 Å². The summed E-state index contributed by atoms with van der Waals surface area (Å²) in [6, 6.07) is 18.6. The Balaban J connectivity index is 1.58. The third kappa shape index (κ3) is 4.41. The van der Waals surface area contributed by atoms with Gasteiger partial charge >= 0.3 is 0 Å². The summed E-state index contributed by atoms with van der Waals surface area (Å²) in [7, 11) is 1.63. The Bertz CT molecular complexity index is 1200. The molecule has 30 heavy (non-hydrogen) atoms. The molecule has 2 aromatic heterocycles. The highest BCUT2D eigenvalue weighted by Crippen LogP contribution is 2.16. The van der Waals surface area contributed by atoms with Crippen LogP contribution in [-0.2, 0) is 13.0 Å². The summed E-state index contributed by atoms with van der Waals surface area (Å²) in [5.41, 5.74) is 1.52. The number of carbonyl (C=O) groups excluding carboxylic acids is 1. The van der Waals surface area contributed by atoms with E-state index in [0.29, 0.717) is 34.6 Å². The number of ether oxygens (including phenoxy) is 1. The summed E-state index contributed by atoms with van der Waals surface area (Å²) in [5.74, 6) is 1.19. The van der Waals surface area contributed by atoms with Gasteiger partial charge < -0.3 is 14.6 Å². The fraction of sp³-hybridized carbons (Fsp3) is 0.174. The van der Waals surface area contributed by atoms with Crippen LogP contribution in [0.1, 0.15) is 21.1 Å². The topological polar surface area (TPSA) is 75.3 Å². The molecule has 0 bridgehead atoms. The van der Waals surface area contributed by atoms with Crippen LogP contribution in [0.5, 0.6) is 5.75 Å². The molecule has 2 heterocycles. The first kappa shape index (κ1) is 19.8. The number of aromatic amines is 1. The normalized spacial score (nSPS) is 10.8. The van der Waals surface area contributed by atoms with E-state index in [-0.39, 0.29) is 18.0 Å². The second kappa shape index (κ2) is 8.92. The molecule has 4 aromatic rings. The van der Waals surface area contributed by atoms with Crippen LogP contribution in [0, 0.1) is 0 Å². The first-order valence-corrected chi connectivity index (χ1v) is 10.5. The smallest absolute Gasteiger partial charge is 0.264 e. The minimum atomic E-state index is -0.200. The van der Waals surface area contributed by atoms with Gasteiger partial charge in [0.25, 0.3) is 11.5 Å². The zero-order chi connectivity index (χ0) is 20.9. The highest BCUT2D eigenvalue weighted by molar-refractivity contribution is 7.12. The van der Waals surface area contributed by atoms with Gasteiger partial charge in [-0.3, -0.25) is 9.59 Å². The lowest BCUT2D eigenvalue weighted by Crippen LogP contribution is -2.33. The van der Waals surface area contributed by atoms with E-state index in [4.69, 9.17) is 4.74 Å². The van der Waals surface area contributed by atoms with E-state index in [2.05, 4.69) is 9.97 Å². The molecular weight excluding hydrogens is 398 g/mol. The number of methoxy groups -OCH3 is 1. The van der Waals surface area contributed by atoms with E-state index in [1.807, 2.05) is 47.8 Å². The molecule has 0 spiro atoms. The Hall–Kier alpha value is -3.45. The monoisotopic (exact) mass is 419 g/mol. The number of thiophene rings is 1. The van der Waals surface area contributed by atoms with Crippen LogP contribution < -0.4 is 10.3 Å². The molecule has 7 heteroatoms. The van der Waals surface area contributed by atoms with Gasteiger partial charge in [-0.1, -0.05) is 30.3 Å². The molecule has 1 N–H and O–H groups in total. The van der Waals surface area contributed by atoms with Crippen molar-refractivity contribution in [2.45, 2.75) is 13.0 Å². The first-order chi connectivity index (χ1) is 14.6. The maximum Gasteiger partial charge on any atom is 0.264 e. The van der Waals surface area contributed by atoms with E-state index in [0.717, 1.165) is 11.3 Å². The summed E-state index contributed by atoms with van der Waals surface area (Å²) in [5, 5.41) is 2.42. The Labute approximate surface area is 177 Å². The lowest BCUT2D eigenvalue weighted by molar-refractivity contribution is 0.0745. The Morgan fingerprint density at radius 3 is 2.63 bits per heavy atom. The van der Waals surface area contributed by atoms with Gasteiger partial charge in [0.1, 0.15) is 11.6 Å². The highest BCUT2D eigenvalue weighted by atomic mass is 32.1. The molecule has 0 aliphatic heterocycles. The van der Waals surface area contributed by atoms with Crippen molar-refractivity contribution in [2.75, 3.05) is 13.7 Å². The Morgan fingerprint density at radius 2 is 1.90 bits per heavy atom. The Kier molecular flexibility index (Phi) is 5.90. The lowest BCUT2D eigenvalue weighted by Gasteiger charge is -2.22. The zero-order valence-corrected chi connectivity index (χ0v) is 17.3. The van der Waals surface area contributed by atoms with Crippen molar-refractivity contribution >= 4 is 28.1 Å². The number of amides is 1. The van der Waals surface area contributed by atoms with Gasteiger partial charge in [0.2, 0.25) is 0 Å². The summed E-state index contributed by atoms with van der Waals surface area (Å²) < 4.78 is 5.20. The minimum Gasteiger partial charge on any atom is -0.497 e. The van der Waals surface area contributed by atoms with Crippen LogP contribution in [0.3, 0.4) is 0 Å². The van der Waals surface area contributed by atoms with Gasteiger partial charge in [-0.25, -0.2) is 4.98 Å². The summed E-state index contributed by atoms with van der Waals surface area (Å²) >= 11 is 1.40. The van der Waals surface area contributed by atoms with Crippen molar-refractivity contribution in [3.8, 4) is 5.75 Å². The van der Waals surface area contributed by atoms with Crippen molar-refractivity contribution in [3.63, 3.8) is 0 Å². The van der Waals surface area contributed by atoms with E-state index < -0.39 is 0 Å². The molecule has 152 valence electrons. The largest absolute Gasteiger partial charge is 0.497 e. The van der Waals surface area contributed by atoms with Crippen LogP contribution in [0.2, 0.25) is 0 Å². The minimum absolute atomic E-state index is 0.0747. The number of H-pyrrole nitrogens is 1. The summed E-state index contributed by atoms with van der Waals surface area (Å²) in [6.45, 7) is 0.729. The predicted molar refractivity (Wildman–Crippen MR) is 118 cm³/mol. The SMILES string of the molecule is COc1ccc(CCN(Cc2nc3ccccc3c(=O)[nH]2)C(=O)c2cccs2)cc1. The number of hydrogen-bond acceptors (Lipinski definition) is 5. The second-order valence-corrected chi connectivity index (χ2v) is 7.78. The van der Waals surface area contributed by atoms with E-state index in [9.17, 15) is 9.59 Å². The molecule has 2 aromatic carbocycles. The highest BCUT2D eigenvalue weighted by Gasteiger charge is 2.18. The van der Waals surface area contributed by atoms with E-state index in [1.54, 1.807) is 30.2 Å². The van der Waals surface area contributed by atoms with Gasteiger partial charge in [0, 0.05) is 6.54 Å². The fourth-order valence-electron chi connectivity index (χ4n) is 3.26. The third-order valence-electron chi connectivity index (χ3n) is 4.85. The molecule has 1 amide bonds. The molecule has 0 saturated carbocycles. The molecule has 4 rings (SSSR count). The van der Waals surface area contributed by atoms with Crippen LogP contribution in [-0.4, -0.2) is 34.4 Å². The number of fused-ring (bicyclic) bond motifs is 1. The molecule has 0 saturated heterocycles. The van der Waals surface area contributed by atoms with Crippen molar-refractivity contribution in [1.29, 1.82) is 0 Å². The van der Waals surface area contributed by atoms with Crippen LogP contribution in [0.15, 0.2) is 70.8 Å². The molecule has 6 nitrogen and oxygen atoms in total. The first-order valence-electron chi connectivity index (χ1n) is 9.57. The standard InChI is InChI=1S/C23H21N3O3S/c1-29-17-10-8-16(9-11-17)12-13-26(23(28)20-7-4-14-30-20)15-21-24-19-6-3-2-5-18(19)22(27)25-21/h2-11,14H,12-13,15H2,1H3,(H,24,25,27). The summed E-state index contributed by atoms with van der Waals surface area (Å²) in [4.78, 5) is 35.2. The number of hydrogen-bond donors (Lipinski definition) is 1. The third-order valence-corrected chi connectivity index (χ3v) is 5.71. The van der Waals surface area contributed by atoms with Gasteiger partial charge in [0.05, 0.1) is 29.4 Å². The molecule has 0 radical (unpaired) electrons. The van der Waals surface area contributed by atoms with E-state index >= 15 is 0 Å². The van der Waals surface area contributed by atoms with Crippen molar-refractivity contribution in [3.05, 3.63) is 92.7 Å². The quantitative estimate of drug-likeness (QED) is 0.493. The number of nitrogens with one attached hydrogen (secondary N) is 1. The zero-order valence-electron chi connectivity index (χ0n) is 16.5. The van der Waals surface area contributed by atoms with Crippen molar-refractivity contribution in [1.82, 2.24) is 14.9 Å². The molecule has 0 fully saturated rings. The molecule has 0 aliphatic carbocycles.